The molecule has 118 valence electrons. The Morgan fingerprint density at radius 1 is 1.05 bits per heavy atom. The van der Waals surface area contributed by atoms with E-state index >= 15 is 0 Å². The van der Waals surface area contributed by atoms with E-state index in [-0.39, 0.29) is 4.90 Å². The van der Waals surface area contributed by atoms with Gasteiger partial charge in [0.25, 0.3) is 10.0 Å². The first-order valence-electron chi connectivity index (χ1n) is 6.84. The quantitative estimate of drug-likeness (QED) is 0.888. The number of hydrogen-bond acceptors (Lipinski definition) is 4. The van der Waals surface area contributed by atoms with Gasteiger partial charge in [-0.15, -0.1) is 0 Å². The Kier molecular flexibility index (Phi) is 4.92. The van der Waals surface area contributed by atoms with Gasteiger partial charge in [0, 0.05) is 6.07 Å². The molecule has 0 spiro atoms. The maximum atomic E-state index is 12.6. The molecule has 5 nitrogen and oxygen atoms in total. The Morgan fingerprint density at radius 2 is 1.82 bits per heavy atom. The first-order chi connectivity index (χ1) is 10.5. The van der Waals surface area contributed by atoms with Crippen molar-refractivity contribution in [2.75, 3.05) is 18.9 Å². The van der Waals surface area contributed by atoms with Crippen molar-refractivity contribution in [2.45, 2.75) is 18.2 Å². The average molecular weight is 321 g/mol. The molecule has 2 rings (SSSR count). The maximum absolute atomic E-state index is 12.6. The van der Waals surface area contributed by atoms with Gasteiger partial charge in [0.15, 0.2) is 0 Å². The van der Waals surface area contributed by atoms with Crippen LogP contribution >= 0.6 is 0 Å². The van der Waals surface area contributed by atoms with Crippen LogP contribution < -0.4 is 14.2 Å². The van der Waals surface area contributed by atoms with Crippen LogP contribution in [0.15, 0.2) is 47.4 Å². The van der Waals surface area contributed by atoms with E-state index in [2.05, 4.69) is 4.72 Å². The lowest BCUT2D eigenvalue weighted by molar-refractivity contribution is 0.402. The SMILES string of the molecule is CCc1ccc(OC)c(S(=O)(=O)Nc2cccc(OC)c2)c1. The number of benzene rings is 2. The lowest BCUT2D eigenvalue weighted by atomic mass is 10.2. The van der Waals surface area contributed by atoms with Crippen LogP contribution in [0, 0.1) is 0 Å². The third-order valence-corrected chi connectivity index (χ3v) is 4.65. The molecular formula is C16H19NO4S. The fourth-order valence-electron chi connectivity index (χ4n) is 2.05. The second-order valence-electron chi connectivity index (χ2n) is 4.68. The van der Waals surface area contributed by atoms with Gasteiger partial charge in [-0.2, -0.15) is 0 Å². The smallest absolute Gasteiger partial charge is 0.265 e. The minimum Gasteiger partial charge on any atom is -0.497 e. The van der Waals surface area contributed by atoms with Crippen LogP contribution in [-0.4, -0.2) is 22.6 Å². The van der Waals surface area contributed by atoms with Crippen molar-refractivity contribution in [3.63, 3.8) is 0 Å². The molecule has 0 heterocycles. The van der Waals surface area contributed by atoms with Crippen molar-refractivity contribution in [1.29, 1.82) is 0 Å². The van der Waals surface area contributed by atoms with E-state index in [1.54, 1.807) is 36.4 Å². The van der Waals surface area contributed by atoms with Crippen molar-refractivity contribution >= 4 is 15.7 Å². The first kappa shape index (κ1) is 16.2. The summed E-state index contributed by atoms with van der Waals surface area (Å²) in [6, 6.07) is 11.9. The molecule has 0 unspecified atom stereocenters. The molecule has 0 bridgehead atoms. The summed E-state index contributed by atoms with van der Waals surface area (Å²) in [5.74, 6) is 0.891. The van der Waals surface area contributed by atoms with Crippen molar-refractivity contribution in [2.24, 2.45) is 0 Å². The molecule has 0 aromatic heterocycles. The number of sulfonamides is 1. The van der Waals surface area contributed by atoms with E-state index in [1.165, 1.54) is 14.2 Å². The normalized spacial score (nSPS) is 11.0. The van der Waals surface area contributed by atoms with E-state index in [9.17, 15) is 8.42 Å². The van der Waals surface area contributed by atoms with Crippen LogP contribution in [0.4, 0.5) is 5.69 Å². The maximum Gasteiger partial charge on any atom is 0.265 e. The summed E-state index contributed by atoms with van der Waals surface area (Å²) in [5.41, 5.74) is 1.36. The molecule has 0 aliphatic heterocycles. The van der Waals surface area contributed by atoms with Crippen molar-refractivity contribution in [3.05, 3.63) is 48.0 Å². The van der Waals surface area contributed by atoms with E-state index < -0.39 is 10.0 Å². The lowest BCUT2D eigenvalue weighted by Crippen LogP contribution is -2.14. The minimum absolute atomic E-state index is 0.122. The number of methoxy groups -OCH3 is 2. The molecule has 0 aliphatic carbocycles. The van der Waals surface area contributed by atoms with Crippen LogP contribution in [0.25, 0.3) is 0 Å². The minimum atomic E-state index is -3.74. The highest BCUT2D eigenvalue weighted by Gasteiger charge is 2.20. The van der Waals surface area contributed by atoms with E-state index in [0.29, 0.717) is 17.2 Å². The van der Waals surface area contributed by atoms with Crippen LogP contribution in [0.3, 0.4) is 0 Å². The second-order valence-corrected chi connectivity index (χ2v) is 6.33. The average Bonchev–Trinajstić information content (AvgIpc) is 2.54. The summed E-state index contributed by atoms with van der Waals surface area (Å²) >= 11 is 0. The number of nitrogens with one attached hydrogen (secondary N) is 1. The zero-order chi connectivity index (χ0) is 16.2. The molecule has 0 saturated heterocycles. The van der Waals surface area contributed by atoms with E-state index in [1.807, 2.05) is 13.0 Å². The summed E-state index contributed by atoms with van der Waals surface area (Å²) < 4.78 is 38.0. The van der Waals surface area contributed by atoms with Gasteiger partial charge in [-0.25, -0.2) is 8.42 Å². The Morgan fingerprint density at radius 3 is 2.45 bits per heavy atom. The zero-order valence-corrected chi connectivity index (χ0v) is 13.6. The van der Waals surface area contributed by atoms with Gasteiger partial charge in [0.2, 0.25) is 0 Å². The van der Waals surface area contributed by atoms with Gasteiger partial charge in [-0.3, -0.25) is 4.72 Å². The highest BCUT2D eigenvalue weighted by Crippen LogP contribution is 2.28. The van der Waals surface area contributed by atoms with Crippen molar-refractivity contribution in [1.82, 2.24) is 0 Å². The molecule has 0 atom stereocenters. The number of rotatable bonds is 6. The number of anilines is 1. The predicted molar refractivity (Wildman–Crippen MR) is 86.2 cm³/mol. The molecule has 0 aliphatic rings. The second kappa shape index (κ2) is 6.70. The zero-order valence-electron chi connectivity index (χ0n) is 12.8. The Labute approximate surface area is 130 Å². The van der Waals surface area contributed by atoms with Crippen LogP contribution in [-0.2, 0) is 16.4 Å². The van der Waals surface area contributed by atoms with Crippen LogP contribution in [0.2, 0.25) is 0 Å². The summed E-state index contributed by atoms with van der Waals surface area (Å²) in [5, 5.41) is 0. The molecule has 0 fully saturated rings. The summed E-state index contributed by atoms with van der Waals surface area (Å²) in [6.45, 7) is 1.97. The van der Waals surface area contributed by atoms with Crippen LogP contribution in [0.5, 0.6) is 11.5 Å². The summed E-state index contributed by atoms with van der Waals surface area (Å²) in [4.78, 5) is 0.122. The topological polar surface area (TPSA) is 64.6 Å². The number of ether oxygens (including phenoxy) is 2. The van der Waals surface area contributed by atoms with Crippen LogP contribution in [0.1, 0.15) is 12.5 Å². The summed E-state index contributed by atoms with van der Waals surface area (Å²) in [6.07, 6.45) is 0.742. The molecule has 0 radical (unpaired) electrons. The van der Waals surface area contributed by atoms with E-state index in [4.69, 9.17) is 9.47 Å². The molecule has 6 heteroatoms. The third kappa shape index (κ3) is 3.51. The predicted octanol–water partition coefficient (Wildman–Crippen LogP) is 3.07. The van der Waals surface area contributed by atoms with Gasteiger partial charge in [-0.1, -0.05) is 19.1 Å². The fraction of sp³-hybridized carbons (Fsp3) is 0.250. The molecular weight excluding hydrogens is 302 g/mol. The molecule has 1 N–H and O–H groups in total. The highest BCUT2D eigenvalue weighted by molar-refractivity contribution is 7.92. The van der Waals surface area contributed by atoms with Gasteiger partial charge in [0.05, 0.1) is 19.9 Å². The van der Waals surface area contributed by atoms with E-state index in [0.717, 1.165) is 12.0 Å². The van der Waals surface area contributed by atoms with Gasteiger partial charge >= 0.3 is 0 Å². The molecule has 2 aromatic rings. The van der Waals surface area contributed by atoms with Crippen molar-refractivity contribution in [3.8, 4) is 11.5 Å². The Balaban J connectivity index is 2.41. The van der Waals surface area contributed by atoms with Gasteiger partial charge < -0.3 is 9.47 Å². The number of hydrogen-bond donors (Lipinski definition) is 1. The largest absolute Gasteiger partial charge is 0.497 e. The molecule has 0 saturated carbocycles. The molecule has 2 aromatic carbocycles. The Bertz CT molecular complexity index is 756. The Hall–Kier alpha value is -2.21. The first-order valence-corrected chi connectivity index (χ1v) is 8.32. The van der Waals surface area contributed by atoms with Gasteiger partial charge in [-0.05, 0) is 36.2 Å². The van der Waals surface area contributed by atoms with Gasteiger partial charge in [0.1, 0.15) is 16.4 Å². The fourth-order valence-corrected chi connectivity index (χ4v) is 3.32. The molecule has 0 amide bonds. The standard InChI is InChI=1S/C16H19NO4S/c1-4-12-8-9-15(21-3)16(10-12)22(18,19)17-13-6-5-7-14(11-13)20-2/h5-11,17H,4H2,1-3H3. The summed E-state index contributed by atoms with van der Waals surface area (Å²) in [7, 11) is -0.765. The lowest BCUT2D eigenvalue weighted by Gasteiger charge is -2.13. The van der Waals surface area contributed by atoms with Crippen molar-refractivity contribution < 1.29 is 17.9 Å². The highest BCUT2D eigenvalue weighted by atomic mass is 32.2. The number of aryl methyl sites for hydroxylation is 1. The third-order valence-electron chi connectivity index (χ3n) is 3.25. The monoisotopic (exact) mass is 321 g/mol. The molecule has 22 heavy (non-hydrogen) atoms.